The fraction of sp³-hybridized carbons (Fsp3) is 0.571. The van der Waals surface area contributed by atoms with E-state index in [4.69, 9.17) is 5.73 Å². The van der Waals surface area contributed by atoms with Gasteiger partial charge in [0.1, 0.15) is 0 Å². The maximum atomic E-state index is 5.55. The zero-order valence-electron chi connectivity index (χ0n) is 10.9. The van der Waals surface area contributed by atoms with Crippen molar-refractivity contribution in [3.8, 4) is 0 Å². The van der Waals surface area contributed by atoms with Gasteiger partial charge in [-0.25, -0.2) is 0 Å². The maximum Gasteiger partial charge on any atom is 0.0208 e. The highest BCUT2D eigenvalue weighted by Crippen LogP contribution is 2.22. The van der Waals surface area contributed by atoms with Gasteiger partial charge in [0.15, 0.2) is 0 Å². The Morgan fingerprint density at radius 1 is 1.19 bits per heavy atom. The van der Waals surface area contributed by atoms with E-state index in [9.17, 15) is 0 Å². The highest BCUT2D eigenvalue weighted by molar-refractivity contribution is 5.27. The topological polar surface area (TPSA) is 38.0 Å². The van der Waals surface area contributed by atoms with Gasteiger partial charge in [-0.15, -0.1) is 0 Å². The van der Waals surface area contributed by atoms with Gasteiger partial charge in [-0.3, -0.25) is 0 Å². The Bertz CT molecular complexity index is 309. The largest absolute Gasteiger partial charge is 0.329 e. The normalized spacial score (nSPS) is 13.8. The molecule has 0 saturated heterocycles. The summed E-state index contributed by atoms with van der Waals surface area (Å²) in [4.78, 5) is 0. The van der Waals surface area contributed by atoms with Gasteiger partial charge in [0.25, 0.3) is 0 Å². The minimum atomic E-state index is 0.233. The SMILES string of the molecule is C[C@H](CN)NCc1ccc(C(C)(C)C)cc1. The van der Waals surface area contributed by atoms with Crippen LogP contribution in [-0.4, -0.2) is 12.6 Å². The van der Waals surface area contributed by atoms with E-state index < -0.39 is 0 Å². The lowest BCUT2D eigenvalue weighted by atomic mass is 9.87. The standard InChI is InChI=1S/C14H24N2/c1-11(9-15)16-10-12-5-7-13(8-6-12)14(2,3)4/h5-8,11,16H,9-10,15H2,1-4H3/t11-/m1/s1. The maximum absolute atomic E-state index is 5.55. The van der Waals surface area contributed by atoms with E-state index in [1.807, 2.05) is 0 Å². The monoisotopic (exact) mass is 220 g/mol. The molecule has 0 saturated carbocycles. The number of nitrogens with one attached hydrogen (secondary N) is 1. The lowest BCUT2D eigenvalue weighted by Crippen LogP contribution is -2.32. The first-order chi connectivity index (χ1) is 7.43. The molecule has 2 nitrogen and oxygen atoms in total. The number of hydrogen-bond donors (Lipinski definition) is 2. The predicted molar refractivity (Wildman–Crippen MR) is 70.5 cm³/mol. The first kappa shape index (κ1) is 13.2. The molecule has 0 heterocycles. The van der Waals surface area contributed by atoms with Crippen molar-refractivity contribution >= 4 is 0 Å². The van der Waals surface area contributed by atoms with Gasteiger partial charge in [-0.05, 0) is 23.5 Å². The number of rotatable bonds is 4. The minimum absolute atomic E-state index is 0.233. The lowest BCUT2D eigenvalue weighted by molar-refractivity contribution is 0.555. The smallest absolute Gasteiger partial charge is 0.0208 e. The second-order valence-corrected chi connectivity index (χ2v) is 5.46. The van der Waals surface area contributed by atoms with E-state index >= 15 is 0 Å². The highest BCUT2D eigenvalue weighted by atomic mass is 14.9. The molecule has 0 bridgehead atoms. The number of hydrogen-bond acceptors (Lipinski definition) is 2. The van der Waals surface area contributed by atoms with Crippen molar-refractivity contribution in [2.24, 2.45) is 5.73 Å². The van der Waals surface area contributed by atoms with Crippen LogP contribution in [0.1, 0.15) is 38.8 Å². The van der Waals surface area contributed by atoms with Crippen molar-refractivity contribution < 1.29 is 0 Å². The van der Waals surface area contributed by atoms with Crippen LogP contribution in [-0.2, 0) is 12.0 Å². The Hall–Kier alpha value is -0.860. The van der Waals surface area contributed by atoms with Gasteiger partial charge in [-0.1, -0.05) is 45.0 Å². The molecule has 0 aliphatic heterocycles. The van der Waals surface area contributed by atoms with Gasteiger partial charge in [0.05, 0.1) is 0 Å². The summed E-state index contributed by atoms with van der Waals surface area (Å²) < 4.78 is 0. The van der Waals surface area contributed by atoms with Crippen LogP contribution >= 0.6 is 0 Å². The average molecular weight is 220 g/mol. The predicted octanol–water partition coefficient (Wildman–Crippen LogP) is 2.42. The summed E-state index contributed by atoms with van der Waals surface area (Å²) in [5.41, 5.74) is 8.48. The molecular weight excluding hydrogens is 196 g/mol. The molecule has 3 N–H and O–H groups in total. The molecule has 0 aliphatic carbocycles. The highest BCUT2D eigenvalue weighted by Gasteiger charge is 2.12. The molecule has 0 fully saturated rings. The van der Waals surface area contributed by atoms with Crippen molar-refractivity contribution in [1.29, 1.82) is 0 Å². The zero-order chi connectivity index (χ0) is 12.2. The minimum Gasteiger partial charge on any atom is -0.329 e. The fourth-order valence-corrected chi connectivity index (χ4v) is 1.50. The number of nitrogens with two attached hydrogens (primary N) is 1. The van der Waals surface area contributed by atoms with Crippen molar-refractivity contribution in [3.05, 3.63) is 35.4 Å². The molecule has 0 spiro atoms. The van der Waals surface area contributed by atoms with Crippen molar-refractivity contribution in [1.82, 2.24) is 5.32 Å². The Balaban J connectivity index is 2.58. The Morgan fingerprint density at radius 3 is 2.19 bits per heavy atom. The van der Waals surface area contributed by atoms with E-state index in [1.54, 1.807) is 0 Å². The molecule has 0 aliphatic rings. The molecular formula is C14H24N2. The molecule has 2 heteroatoms. The summed E-state index contributed by atoms with van der Waals surface area (Å²) in [7, 11) is 0. The van der Waals surface area contributed by atoms with Crippen molar-refractivity contribution in [2.45, 2.75) is 45.7 Å². The van der Waals surface area contributed by atoms with Crippen LogP contribution in [0.4, 0.5) is 0 Å². The molecule has 0 unspecified atom stereocenters. The van der Waals surface area contributed by atoms with Crippen LogP contribution in [0, 0.1) is 0 Å². The Labute approximate surface area is 99.2 Å². The van der Waals surface area contributed by atoms with Crippen LogP contribution in [0.2, 0.25) is 0 Å². The molecule has 1 aromatic carbocycles. The lowest BCUT2D eigenvalue weighted by Gasteiger charge is -2.19. The van der Waals surface area contributed by atoms with Crippen LogP contribution in [0.15, 0.2) is 24.3 Å². The molecule has 1 aromatic rings. The van der Waals surface area contributed by atoms with Gasteiger partial charge >= 0.3 is 0 Å². The molecule has 90 valence electrons. The average Bonchev–Trinajstić information content (AvgIpc) is 2.25. The quantitative estimate of drug-likeness (QED) is 0.818. The summed E-state index contributed by atoms with van der Waals surface area (Å²) in [6.07, 6.45) is 0. The fourth-order valence-electron chi connectivity index (χ4n) is 1.50. The molecule has 0 amide bonds. The van der Waals surface area contributed by atoms with E-state index in [0.29, 0.717) is 12.6 Å². The van der Waals surface area contributed by atoms with E-state index in [-0.39, 0.29) is 5.41 Å². The second kappa shape index (κ2) is 5.46. The molecule has 1 rings (SSSR count). The summed E-state index contributed by atoms with van der Waals surface area (Å²) in [6.45, 7) is 10.4. The van der Waals surface area contributed by atoms with Gasteiger partial charge in [-0.2, -0.15) is 0 Å². The van der Waals surface area contributed by atoms with Crippen LogP contribution in [0.5, 0.6) is 0 Å². The van der Waals surface area contributed by atoms with Gasteiger partial charge < -0.3 is 11.1 Å². The first-order valence-electron chi connectivity index (χ1n) is 5.96. The molecule has 0 aromatic heterocycles. The van der Waals surface area contributed by atoms with Crippen molar-refractivity contribution in [3.63, 3.8) is 0 Å². The second-order valence-electron chi connectivity index (χ2n) is 5.46. The molecule has 16 heavy (non-hydrogen) atoms. The number of benzene rings is 1. The summed E-state index contributed by atoms with van der Waals surface area (Å²) in [5, 5.41) is 3.38. The molecule has 0 radical (unpaired) electrons. The van der Waals surface area contributed by atoms with E-state index in [2.05, 4.69) is 57.3 Å². The summed E-state index contributed by atoms with van der Waals surface area (Å²) >= 11 is 0. The van der Waals surface area contributed by atoms with E-state index in [0.717, 1.165) is 6.54 Å². The Morgan fingerprint density at radius 2 is 1.75 bits per heavy atom. The van der Waals surface area contributed by atoms with Crippen molar-refractivity contribution in [2.75, 3.05) is 6.54 Å². The third kappa shape index (κ3) is 3.95. The van der Waals surface area contributed by atoms with Crippen LogP contribution < -0.4 is 11.1 Å². The summed E-state index contributed by atoms with van der Waals surface area (Å²) in [5.74, 6) is 0. The Kier molecular flexibility index (Phi) is 4.51. The van der Waals surface area contributed by atoms with Crippen LogP contribution in [0.25, 0.3) is 0 Å². The molecule has 1 atom stereocenters. The summed E-state index contributed by atoms with van der Waals surface area (Å²) in [6, 6.07) is 9.18. The third-order valence-corrected chi connectivity index (χ3v) is 2.83. The van der Waals surface area contributed by atoms with Gasteiger partial charge in [0.2, 0.25) is 0 Å². The zero-order valence-corrected chi connectivity index (χ0v) is 10.9. The van der Waals surface area contributed by atoms with E-state index in [1.165, 1.54) is 11.1 Å². The first-order valence-corrected chi connectivity index (χ1v) is 5.96. The van der Waals surface area contributed by atoms with Gasteiger partial charge in [0, 0.05) is 19.1 Å². The third-order valence-electron chi connectivity index (χ3n) is 2.83. The van der Waals surface area contributed by atoms with Crippen LogP contribution in [0.3, 0.4) is 0 Å².